The highest BCUT2D eigenvalue weighted by molar-refractivity contribution is 7.93. The molecule has 0 amide bonds. The van der Waals surface area contributed by atoms with Gasteiger partial charge in [-0.05, 0) is 12.8 Å². The van der Waals surface area contributed by atoms with E-state index in [1.165, 1.54) is 0 Å². The molecule has 1 aromatic rings. The van der Waals surface area contributed by atoms with E-state index in [0.29, 0.717) is 11.5 Å². The van der Waals surface area contributed by atoms with Gasteiger partial charge in [-0.15, -0.1) is 0 Å². The molecule has 0 radical (unpaired) electrons. The van der Waals surface area contributed by atoms with Gasteiger partial charge in [-0.2, -0.15) is 4.36 Å². The molecule has 0 saturated carbocycles. The normalized spacial score (nSPS) is 18.7. The van der Waals surface area contributed by atoms with E-state index in [9.17, 15) is 17.4 Å². The Kier molecular flexibility index (Phi) is 2.92. The van der Waals surface area contributed by atoms with Crippen LogP contribution in [0.15, 0.2) is 16.5 Å². The fraction of sp³-hybridized carbons (Fsp3) is 0.400. The summed E-state index contributed by atoms with van der Waals surface area (Å²) in [7, 11) is -2.38. The first-order valence-electron chi connectivity index (χ1n) is 4.87. The predicted molar refractivity (Wildman–Crippen MR) is 55.5 cm³/mol. The zero-order valence-corrected chi connectivity index (χ0v) is 9.20. The molecule has 0 spiro atoms. The summed E-state index contributed by atoms with van der Waals surface area (Å²) < 4.78 is 54.2. The van der Waals surface area contributed by atoms with Gasteiger partial charge in [0.2, 0.25) is 0 Å². The van der Waals surface area contributed by atoms with Crippen LogP contribution in [0.2, 0.25) is 0 Å². The van der Waals surface area contributed by atoms with E-state index in [2.05, 4.69) is 4.36 Å². The first-order valence-corrected chi connectivity index (χ1v) is 6.73. The summed E-state index contributed by atoms with van der Waals surface area (Å²) in [6, 6.07) is 1.53. The second-order valence-electron chi connectivity index (χ2n) is 3.70. The van der Waals surface area contributed by atoms with Gasteiger partial charge in [0.1, 0.15) is 0 Å². The van der Waals surface area contributed by atoms with Crippen LogP contribution >= 0.6 is 0 Å². The Hall–Kier alpha value is -1.04. The smallest absolute Gasteiger partial charge is 0.194 e. The lowest BCUT2D eigenvalue weighted by Gasteiger charge is -2.01. The fourth-order valence-corrected chi connectivity index (χ4v) is 3.82. The van der Waals surface area contributed by atoms with Crippen LogP contribution in [0.1, 0.15) is 12.8 Å². The monoisotopic (exact) mass is 249 g/mol. The fourth-order valence-electron chi connectivity index (χ4n) is 1.64. The molecule has 2 nitrogen and oxygen atoms in total. The van der Waals surface area contributed by atoms with Gasteiger partial charge in [0.05, 0.1) is 15.4 Å². The Bertz CT molecular complexity index is 500. The second-order valence-corrected chi connectivity index (χ2v) is 6.25. The molecule has 0 aliphatic carbocycles. The highest BCUT2D eigenvalue weighted by Crippen LogP contribution is 2.24. The first-order chi connectivity index (χ1) is 7.50. The molecule has 1 saturated heterocycles. The van der Waals surface area contributed by atoms with E-state index in [-0.39, 0.29) is 5.69 Å². The van der Waals surface area contributed by atoms with Crippen LogP contribution in [0.25, 0.3) is 0 Å². The van der Waals surface area contributed by atoms with Crippen LogP contribution in [-0.4, -0.2) is 15.7 Å². The van der Waals surface area contributed by atoms with Crippen molar-refractivity contribution in [1.82, 2.24) is 0 Å². The summed E-state index contributed by atoms with van der Waals surface area (Å²) in [6.45, 7) is 0. The maximum absolute atomic E-state index is 12.9. The van der Waals surface area contributed by atoms with Crippen LogP contribution < -0.4 is 0 Å². The molecular formula is C10H10F3NOS. The summed E-state index contributed by atoms with van der Waals surface area (Å²) in [5.41, 5.74) is -0.0942. The van der Waals surface area contributed by atoms with Crippen LogP contribution in [0.3, 0.4) is 0 Å². The van der Waals surface area contributed by atoms with Crippen LogP contribution in [0.5, 0.6) is 0 Å². The molecule has 1 fully saturated rings. The van der Waals surface area contributed by atoms with Gasteiger partial charge in [-0.3, -0.25) is 0 Å². The van der Waals surface area contributed by atoms with Gasteiger partial charge in [0.25, 0.3) is 0 Å². The standard InChI is InChI=1S/C10H10F3NOS/c11-8-5-7(6-9(12)10(8)13)14-16(15)3-1-2-4-16/h5-6H,1-4H2. The van der Waals surface area contributed by atoms with Gasteiger partial charge in [-0.25, -0.2) is 17.4 Å². The van der Waals surface area contributed by atoms with Gasteiger partial charge < -0.3 is 0 Å². The third-order valence-electron chi connectivity index (χ3n) is 2.42. The van der Waals surface area contributed by atoms with Crippen molar-refractivity contribution in [3.8, 4) is 0 Å². The Morgan fingerprint density at radius 3 is 2.06 bits per heavy atom. The van der Waals surface area contributed by atoms with E-state index in [1.807, 2.05) is 0 Å². The molecule has 0 atom stereocenters. The zero-order valence-electron chi connectivity index (χ0n) is 8.38. The lowest BCUT2D eigenvalue weighted by atomic mass is 10.3. The topological polar surface area (TPSA) is 29.4 Å². The van der Waals surface area contributed by atoms with Gasteiger partial charge in [0, 0.05) is 23.6 Å². The summed E-state index contributed by atoms with van der Waals surface area (Å²) in [4.78, 5) is 0. The predicted octanol–water partition coefficient (Wildman–Crippen LogP) is 3.00. The molecular weight excluding hydrogens is 239 g/mol. The molecule has 1 aromatic carbocycles. The van der Waals surface area contributed by atoms with Gasteiger partial charge in [0.15, 0.2) is 17.5 Å². The van der Waals surface area contributed by atoms with Crippen molar-refractivity contribution in [1.29, 1.82) is 0 Å². The number of hydrogen-bond acceptors (Lipinski definition) is 2. The Morgan fingerprint density at radius 1 is 1.06 bits per heavy atom. The van der Waals surface area contributed by atoms with E-state index in [4.69, 9.17) is 0 Å². The quantitative estimate of drug-likeness (QED) is 0.703. The minimum atomic E-state index is -2.38. The molecule has 6 heteroatoms. The molecule has 1 aliphatic heterocycles. The number of hydrogen-bond donors (Lipinski definition) is 0. The van der Waals surface area contributed by atoms with Crippen molar-refractivity contribution in [2.24, 2.45) is 4.36 Å². The molecule has 0 aromatic heterocycles. The highest BCUT2D eigenvalue weighted by atomic mass is 32.2. The van der Waals surface area contributed by atoms with Crippen molar-refractivity contribution >= 4 is 15.4 Å². The average Bonchev–Trinajstić information content (AvgIpc) is 2.61. The Labute approximate surface area is 91.7 Å². The number of benzene rings is 1. The lowest BCUT2D eigenvalue weighted by molar-refractivity contribution is 0.447. The maximum Gasteiger partial charge on any atom is 0.194 e. The minimum absolute atomic E-state index is 0.0942. The van der Waals surface area contributed by atoms with Crippen LogP contribution in [0, 0.1) is 17.5 Å². The molecule has 88 valence electrons. The molecule has 16 heavy (non-hydrogen) atoms. The molecule has 1 heterocycles. The summed E-state index contributed by atoms with van der Waals surface area (Å²) in [5.74, 6) is -3.26. The van der Waals surface area contributed by atoms with Crippen molar-refractivity contribution in [2.75, 3.05) is 11.5 Å². The summed E-state index contributed by atoms with van der Waals surface area (Å²) in [6.07, 6.45) is 1.60. The SMILES string of the molecule is O=S1(=Nc2cc(F)c(F)c(F)c2)CCCC1. The number of rotatable bonds is 1. The van der Waals surface area contributed by atoms with Crippen LogP contribution in [-0.2, 0) is 9.73 Å². The van der Waals surface area contributed by atoms with Crippen molar-refractivity contribution in [2.45, 2.75) is 12.8 Å². The molecule has 0 unspecified atom stereocenters. The van der Waals surface area contributed by atoms with E-state index in [0.717, 1.165) is 25.0 Å². The molecule has 0 N–H and O–H groups in total. The van der Waals surface area contributed by atoms with E-state index >= 15 is 0 Å². The van der Waals surface area contributed by atoms with Gasteiger partial charge in [-0.1, -0.05) is 0 Å². The number of halogens is 3. The zero-order chi connectivity index (χ0) is 11.8. The van der Waals surface area contributed by atoms with Crippen LogP contribution in [0.4, 0.5) is 18.9 Å². The largest absolute Gasteiger partial charge is 0.249 e. The third kappa shape index (κ3) is 2.21. The summed E-state index contributed by atoms with van der Waals surface area (Å²) >= 11 is 0. The number of nitrogens with zero attached hydrogens (tertiary/aromatic N) is 1. The molecule has 1 aliphatic rings. The molecule has 2 rings (SSSR count). The van der Waals surface area contributed by atoms with Crippen molar-refractivity contribution in [3.05, 3.63) is 29.6 Å². The Balaban J connectivity index is 2.46. The van der Waals surface area contributed by atoms with Gasteiger partial charge >= 0.3 is 0 Å². The van der Waals surface area contributed by atoms with Crippen molar-refractivity contribution < 1.29 is 17.4 Å². The lowest BCUT2D eigenvalue weighted by Crippen LogP contribution is -2.00. The summed E-state index contributed by atoms with van der Waals surface area (Å²) in [5, 5.41) is 0. The van der Waals surface area contributed by atoms with Crippen molar-refractivity contribution in [3.63, 3.8) is 0 Å². The van der Waals surface area contributed by atoms with E-state index in [1.54, 1.807) is 0 Å². The average molecular weight is 249 g/mol. The third-order valence-corrected chi connectivity index (χ3v) is 4.81. The maximum atomic E-state index is 12.9. The Morgan fingerprint density at radius 2 is 1.56 bits per heavy atom. The molecule has 0 bridgehead atoms. The first kappa shape index (κ1) is 11.4. The second kappa shape index (κ2) is 4.08. The van der Waals surface area contributed by atoms with E-state index < -0.39 is 27.2 Å². The highest BCUT2D eigenvalue weighted by Gasteiger charge is 2.17. The minimum Gasteiger partial charge on any atom is -0.249 e.